The van der Waals surface area contributed by atoms with Crippen molar-refractivity contribution in [2.75, 3.05) is 0 Å². The predicted octanol–water partition coefficient (Wildman–Crippen LogP) is -0.776. The standard InChI is InChI=1S/C6H12O4Si/c7-11(8,9)5-3-1-2-4-6(5)10-4/h4-9H,1-3H2/i7T,8T,9T. The van der Waals surface area contributed by atoms with Crippen LogP contribution in [0.3, 0.4) is 0 Å². The Morgan fingerprint density at radius 2 is 2.18 bits per heavy atom. The molecule has 0 bridgehead atoms. The first kappa shape index (κ1) is 4.93. The lowest BCUT2D eigenvalue weighted by Crippen LogP contribution is -2.44. The first-order valence-electron chi connectivity index (χ1n) is 5.08. The Bertz CT molecular complexity index is 207. The van der Waals surface area contributed by atoms with E-state index in [0.29, 0.717) is 0 Å². The van der Waals surface area contributed by atoms with Gasteiger partial charge in [0.25, 0.3) is 0 Å². The maximum absolute atomic E-state index is 6.87. The molecule has 11 heavy (non-hydrogen) atoms. The van der Waals surface area contributed by atoms with E-state index in [1.54, 1.807) is 0 Å². The van der Waals surface area contributed by atoms with E-state index in [9.17, 15) is 0 Å². The van der Waals surface area contributed by atoms with Crippen molar-refractivity contribution in [1.82, 2.24) is 0 Å². The molecule has 1 aliphatic heterocycles. The Morgan fingerprint density at radius 3 is 2.91 bits per heavy atom. The molecule has 0 radical (unpaired) electrons. The summed E-state index contributed by atoms with van der Waals surface area (Å²) in [5.74, 6) is 0. The monoisotopic (exact) mass is 182 g/mol. The van der Waals surface area contributed by atoms with Gasteiger partial charge in [-0.05, 0) is 12.8 Å². The van der Waals surface area contributed by atoms with Crippen molar-refractivity contribution < 1.29 is 19.1 Å². The molecule has 0 amide bonds. The molecule has 1 aliphatic carbocycles. The Morgan fingerprint density at radius 1 is 1.36 bits per heavy atom. The maximum Gasteiger partial charge on any atom is 0.498 e. The zero-order valence-electron chi connectivity index (χ0n) is 8.99. The number of hydrogen-bond acceptors (Lipinski definition) is 4. The van der Waals surface area contributed by atoms with Crippen LogP contribution >= 0.6 is 0 Å². The van der Waals surface area contributed by atoms with Gasteiger partial charge in [-0.15, -0.1) is 0 Å². The zero-order valence-corrected chi connectivity index (χ0v) is 6.99. The minimum absolute atomic E-state index is 0.0310. The number of fused-ring (bicyclic) bond motifs is 1. The average Bonchev–Trinajstić information content (AvgIpc) is 3.01. The first-order chi connectivity index (χ1) is 6.77. The lowest BCUT2D eigenvalue weighted by atomic mass is 10.0. The molecule has 0 aromatic carbocycles. The molecule has 1 saturated carbocycles. The van der Waals surface area contributed by atoms with Gasteiger partial charge in [-0.3, -0.25) is 0 Å². The van der Waals surface area contributed by atoms with Crippen LogP contribution < -0.4 is 0 Å². The van der Waals surface area contributed by atoms with E-state index in [1.807, 2.05) is 0 Å². The van der Waals surface area contributed by atoms with Gasteiger partial charge in [-0.25, -0.2) is 0 Å². The van der Waals surface area contributed by atoms with Gasteiger partial charge in [0, 0.05) is 0 Å². The smallest absolute Gasteiger partial charge is 0.390 e. The molecule has 3 N–H and O–H groups in total. The van der Waals surface area contributed by atoms with Crippen LogP contribution in [0.25, 0.3) is 0 Å². The molecule has 0 aromatic heterocycles. The lowest BCUT2D eigenvalue weighted by molar-refractivity contribution is 0.194. The van der Waals surface area contributed by atoms with Gasteiger partial charge in [0.2, 0.25) is 0 Å². The molecule has 2 aliphatic rings. The second kappa shape index (κ2) is 2.27. The van der Waals surface area contributed by atoms with Crippen LogP contribution in [-0.2, 0) is 4.74 Å². The van der Waals surface area contributed by atoms with Crippen LogP contribution in [0, 0.1) is 0 Å². The SMILES string of the molecule is [3H]O[Si](O[3H])(O[3H])C1CCCC2OC21. The zero-order chi connectivity index (χ0) is 10.2. The highest BCUT2D eigenvalue weighted by Crippen LogP contribution is 2.46. The third-order valence-corrected chi connectivity index (χ3v) is 4.00. The van der Waals surface area contributed by atoms with Gasteiger partial charge >= 0.3 is 8.80 Å². The normalized spacial score (nSPS) is 46.9. The quantitative estimate of drug-likeness (QED) is 0.394. The summed E-state index contributed by atoms with van der Waals surface area (Å²) in [5, 5.41) is 0. The van der Waals surface area contributed by atoms with Crippen molar-refractivity contribution >= 4 is 8.80 Å². The van der Waals surface area contributed by atoms with Crippen LogP contribution in [-0.4, -0.2) is 39.7 Å². The Hall–Kier alpha value is 0.0569. The molecule has 5 heteroatoms. The molecule has 3 atom stereocenters. The fourth-order valence-corrected chi connectivity index (χ4v) is 3.08. The fraction of sp³-hybridized carbons (Fsp3) is 1.00. The highest BCUT2D eigenvalue weighted by atomic mass is 28.4. The van der Waals surface area contributed by atoms with E-state index in [4.69, 9.17) is 9.03 Å². The molecule has 2 fully saturated rings. The number of hydrogen-bond donors (Lipinski definition) is 3. The molecule has 0 aromatic rings. The molecular formula is C6H12O4Si. The number of epoxide rings is 1. The molecule has 4 nitrogen and oxygen atoms in total. The second-order valence-electron chi connectivity index (χ2n) is 3.28. The molecule has 2 rings (SSSR count). The maximum atomic E-state index is 6.87. The van der Waals surface area contributed by atoms with Crippen LogP contribution in [0.2, 0.25) is 5.54 Å². The van der Waals surface area contributed by atoms with Gasteiger partial charge in [0.15, 0.2) is 4.29 Å². The van der Waals surface area contributed by atoms with Crippen molar-refractivity contribution in [3.05, 3.63) is 0 Å². The average molecular weight is 182 g/mol. The van der Waals surface area contributed by atoms with Crippen molar-refractivity contribution in [3.8, 4) is 0 Å². The molecule has 1 saturated heterocycles. The summed E-state index contributed by atoms with van der Waals surface area (Å²) < 4.78 is 26.0. The van der Waals surface area contributed by atoms with Crippen LogP contribution in [0.5, 0.6) is 0 Å². The third kappa shape index (κ3) is 1.34. The number of ether oxygens (including phenoxy) is 1. The number of rotatable bonds is 4. The van der Waals surface area contributed by atoms with Crippen molar-refractivity contribution in [1.29, 1.82) is 4.29 Å². The van der Waals surface area contributed by atoms with Gasteiger partial charge in [0.05, 0.1) is 17.7 Å². The summed E-state index contributed by atoms with van der Waals surface area (Å²) in [6.45, 7) is 0. The predicted molar refractivity (Wildman–Crippen MR) is 38.7 cm³/mol. The van der Waals surface area contributed by atoms with E-state index < -0.39 is 8.80 Å². The third-order valence-electron chi connectivity index (χ3n) is 2.48. The molecule has 0 spiro atoms. The highest BCUT2D eigenvalue weighted by molar-refractivity contribution is 6.58. The van der Waals surface area contributed by atoms with Crippen LogP contribution in [0.4, 0.5) is 0 Å². The summed E-state index contributed by atoms with van der Waals surface area (Å²) in [6.07, 6.45) is 2.85. The molecule has 64 valence electrons. The lowest BCUT2D eigenvalue weighted by Gasteiger charge is -2.22. The van der Waals surface area contributed by atoms with E-state index in [-0.39, 0.29) is 17.7 Å². The van der Waals surface area contributed by atoms with E-state index >= 15 is 0 Å². The van der Waals surface area contributed by atoms with Crippen molar-refractivity contribution in [2.45, 2.75) is 37.0 Å². The molecule has 1 heterocycles. The van der Waals surface area contributed by atoms with E-state index in [2.05, 4.69) is 14.4 Å². The van der Waals surface area contributed by atoms with Gasteiger partial charge in [-0.1, -0.05) is 6.42 Å². The minimum Gasteiger partial charge on any atom is -0.390 e. The Balaban J connectivity index is 2.09. The highest BCUT2D eigenvalue weighted by Gasteiger charge is 2.57. The summed E-state index contributed by atoms with van der Waals surface area (Å²) in [7, 11) is -3.46. The summed E-state index contributed by atoms with van der Waals surface area (Å²) in [5.41, 5.74) is -0.228. The van der Waals surface area contributed by atoms with Gasteiger partial charge in [0.1, 0.15) is 0 Å². The van der Waals surface area contributed by atoms with Gasteiger partial charge in [-0.2, -0.15) is 0 Å². The Labute approximate surface area is 70.3 Å². The van der Waals surface area contributed by atoms with Gasteiger partial charge < -0.3 is 19.1 Å². The summed E-state index contributed by atoms with van der Waals surface area (Å²) >= 11 is 0. The summed E-state index contributed by atoms with van der Waals surface area (Å²) in [4.78, 5) is 13.1. The van der Waals surface area contributed by atoms with Crippen molar-refractivity contribution in [2.24, 2.45) is 0 Å². The van der Waals surface area contributed by atoms with E-state index in [0.717, 1.165) is 19.3 Å². The Kier molecular flexibility index (Phi) is 1.02. The van der Waals surface area contributed by atoms with Crippen LogP contribution in [0.1, 0.15) is 19.3 Å². The topological polar surface area (TPSA) is 73.2 Å². The molecule has 3 unspecified atom stereocenters. The summed E-state index contributed by atoms with van der Waals surface area (Å²) in [6, 6.07) is 0. The fourth-order valence-electron chi connectivity index (χ4n) is 1.82. The second-order valence-corrected chi connectivity index (χ2v) is 5.23. The minimum atomic E-state index is -3.46. The first-order valence-corrected chi connectivity index (χ1v) is 5.66. The van der Waals surface area contributed by atoms with Crippen molar-refractivity contribution in [3.63, 3.8) is 0 Å². The van der Waals surface area contributed by atoms with E-state index in [1.165, 1.54) is 0 Å². The van der Waals surface area contributed by atoms with Crippen LogP contribution in [0.15, 0.2) is 0 Å². The molecular weight excluding hydrogens is 164 g/mol. The largest absolute Gasteiger partial charge is 0.498 e.